The standard InChI is InChI=1S/C17H26N2O/c1-19(2)17(20)15-10-6-7-11-16(15)18-13-12-14-8-4-3-5-9-14/h6-7,10-11,14,18H,3-5,8-9,12-13H2,1-2H3. The number of nitrogens with one attached hydrogen (secondary N) is 1. The smallest absolute Gasteiger partial charge is 0.255 e. The third-order valence-corrected chi connectivity index (χ3v) is 4.16. The number of carbonyl (C=O) groups excluding carboxylic acids is 1. The predicted octanol–water partition coefficient (Wildman–Crippen LogP) is 3.77. The van der Waals surface area contributed by atoms with Gasteiger partial charge in [0.25, 0.3) is 5.91 Å². The van der Waals surface area contributed by atoms with Crippen molar-refractivity contribution in [3.05, 3.63) is 29.8 Å². The summed E-state index contributed by atoms with van der Waals surface area (Å²) in [4.78, 5) is 13.7. The zero-order valence-corrected chi connectivity index (χ0v) is 12.7. The van der Waals surface area contributed by atoms with E-state index in [0.29, 0.717) is 0 Å². The molecule has 0 radical (unpaired) electrons. The van der Waals surface area contributed by atoms with Crippen molar-refractivity contribution >= 4 is 11.6 Å². The Morgan fingerprint density at radius 1 is 1.20 bits per heavy atom. The first-order valence-electron chi connectivity index (χ1n) is 7.73. The molecule has 0 atom stereocenters. The van der Waals surface area contributed by atoms with Gasteiger partial charge >= 0.3 is 0 Å². The third kappa shape index (κ3) is 3.99. The van der Waals surface area contributed by atoms with Crippen LogP contribution in [-0.2, 0) is 0 Å². The van der Waals surface area contributed by atoms with Crippen LogP contribution in [-0.4, -0.2) is 31.4 Å². The van der Waals surface area contributed by atoms with Crippen molar-refractivity contribution in [3.63, 3.8) is 0 Å². The van der Waals surface area contributed by atoms with Crippen molar-refractivity contribution in [1.29, 1.82) is 0 Å². The van der Waals surface area contributed by atoms with Crippen molar-refractivity contribution in [2.24, 2.45) is 5.92 Å². The molecule has 0 aromatic heterocycles. The molecule has 1 fully saturated rings. The van der Waals surface area contributed by atoms with E-state index in [-0.39, 0.29) is 5.91 Å². The summed E-state index contributed by atoms with van der Waals surface area (Å²) < 4.78 is 0. The fraction of sp³-hybridized carbons (Fsp3) is 0.588. The minimum atomic E-state index is 0.0609. The Morgan fingerprint density at radius 3 is 2.60 bits per heavy atom. The molecule has 0 aliphatic heterocycles. The Balaban J connectivity index is 1.90. The van der Waals surface area contributed by atoms with Gasteiger partial charge in [0.05, 0.1) is 5.56 Å². The first kappa shape index (κ1) is 14.9. The van der Waals surface area contributed by atoms with Crippen molar-refractivity contribution in [1.82, 2.24) is 4.90 Å². The maximum Gasteiger partial charge on any atom is 0.255 e. The summed E-state index contributed by atoms with van der Waals surface area (Å²) in [6, 6.07) is 7.79. The molecular formula is C17H26N2O. The summed E-state index contributed by atoms with van der Waals surface area (Å²) in [5.74, 6) is 0.929. The Morgan fingerprint density at radius 2 is 1.90 bits per heavy atom. The van der Waals surface area contributed by atoms with Gasteiger partial charge in [-0.2, -0.15) is 0 Å². The van der Waals surface area contributed by atoms with Gasteiger partial charge in [-0.15, -0.1) is 0 Å². The van der Waals surface area contributed by atoms with Gasteiger partial charge in [-0.1, -0.05) is 44.2 Å². The van der Waals surface area contributed by atoms with Gasteiger partial charge in [0.2, 0.25) is 0 Å². The average molecular weight is 274 g/mol. The number of benzene rings is 1. The van der Waals surface area contributed by atoms with Crippen LogP contribution in [0.3, 0.4) is 0 Å². The average Bonchev–Trinajstić information content (AvgIpc) is 2.48. The summed E-state index contributed by atoms with van der Waals surface area (Å²) in [7, 11) is 3.59. The van der Waals surface area contributed by atoms with Crippen LogP contribution in [0, 0.1) is 5.92 Å². The fourth-order valence-electron chi connectivity index (χ4n) is 2.95. The van der Waals surface area contributed by atoms with Crippen LogP contribution in [0.25, 0.3) is 0 Å². The molecule has 1 aromatic carbocycles. The maximum absolute atomic E-state index is 12.1. The lowest BCUT2D eigenvalue weighted by molar-refractivity contribution is 0.0828. The van der Waals surface area contributed by atoms with Crippen LogP contribution in [0.2, 0.25) is 0 Å². The monoisotopic (exact) mass is 274 g/mol. The van der Waals surface area contributed by atoms with Gasteiger partial charge in [0.15, 0.2) is 0 Å². The molecule has 0 bridgehead atoms. The molecule has 110 valence electrons. The van der Waals surface area contributed by atoms with Crippen LogP contribution in [0.15, 0.2) is 24.3 Å². The second-order valence-corrected chi connectivity index (χ2v) is 5.96. The van der Waals surface area contributed by atoms with E-state index in [2.05, 4.69) is 5.32 Å². The maximum atomic E-state index is 12.1. The van der Waals surface area contributed by atoms with Gasteiger partial charge in [-0.25, -0.2) is 0 Å². The number of anilines is 1. The summed E-state index contributed by atoms with van der Waals surface area (Å²) >= 11 is 0. The van der Waals surface area contributed by atoms with E-state index in [1.54, 1.807) is 19.0 Å². The van der Waals surface area contributed by atoms with E-state index in [1.165, 1.54) is 38.5 Å². The largest absolute Gasteiger partial charge is 0.384 e. The number of para-hydroxylation sites is 1. The van der Waals surface area contributed by atoms with Gasteiger partial charge in [-0.3, -0.25) is 4.79 Å². The van der Waals surface area contributed by atoms with Crippen LogP contribution in [0.4, 0.5) is 5.69 Å². The lowest BCUT2D eigenvalue weighted by atomic mass is 9.87. The lowest BCUT2D eigenvalue weighted by Gasteiger charge is -2.22. The highest BCUT2D eigenvalue weighted by Gasteiger charge is 2.15. The molecule has 0 unspecified atom stereocenters. The molecule has 2 rings (SSSR count). The van der Waals surface area contributed by atoms with E-state index in [4.69, 9.17) is 0 Å². The Bertz CT molecular complexity index is 436. The highest BCUT2D eigenvalue weighted by Crippen LogP contribution is 2.26. The number of nitrogens with zero attached hydrogens (tertiary/aromatic N) is 1. The Hall–Kier alpha value is -1.51. The SMILES string of the molecule is CN(C)C(=O)c1ccccc1NCCC1CCCCC1. The zero-order chi connectivity index (χ0) is 14.4. The van der Waals surface area contributed by atoms with Gasteiger partial charge in [0, 0.05) is 26.3 Å². The van der Waals surface area contributed by atoms with E-state index in [9.17, 15) is 4.79 Å². The van der Waals surface area contributed by atoms with Crippen molar-refractivity contribution in [3.8, 4) is 0 Å². The molecule has 1 amide bonds. The summed E-state index contributed by atoms with van der Waals surface area (Å²) in [5.41, 5.74) is 1.73. The molecule has 1 aliphatic rings. The number of rotatable bonds is 5. The molecule has 1 aliphatic carbocycles. The minimum absolute atomic E-state index is 0.0609. The predicted molar refractivity (Wildman–Crippen MR) is 84.1 cm³/mol. The molecule has 3 nitrogen and oxygen atoms in total. The minimum Gasteiger partial charge on any atom is -0.384 e. The highest BCUT2D eigenvalue weighted by atomic mass is 16.2. The topological polar surface area (TPSA) is 32.3 Å². The van der Waals surface area contributed by atoms with E-state index in [0.717, 1.165) is 23.7 Å². The molecule has 3 heteroatoms. The second kappa shape index (κ2) is 7.32. The van der Waals surface area contributed by atoms with Gasteiger partial charge < -0.3 is 10.2 Å². The van der Waals surface area contributed by atoms with Gasteiger partial charge in [0.1, 0.15) is 0 Å². The van der Waals surface area contributed by atoms with Crippen LogP contribution >= 0.6 is 0 Å². The van der Waals surface area contributed by atoms with Crippen LogP contribution in [0.5, 0.6) is 0 Å². The summed E-state index contributed by atoms with van der Waals surface area (Å²) in [6.45, 7) is 0.961. The number of amides is 1. The molecule has 20 heavy (non-hydrogen) atoms. The number of hydrogen-bond acceptors (Lipinski definition) is 2. The Kier molecular flexibility index (Phi) is 5.45. The normalized spacial score (nSPS) is 15.9. The van der Waals surface area contributed by atoms with Crippen LogP contribution in [0.1, 0.15) is 48.9 Å². The van der Waals surface area contributed by atoms with Gasteiger partial charge in [-0.05, 0) is 24.5 Å². The molecule has 1 aromatic rings. The zero-order valence-electron chi connectivity index (χ0n) is 12.7. The molecular weight excluding hydrogens is 248 g/mol. The van der Waals surface area contributed by atoms with Crippen molar-refractivity contribution in [2.45, 2.75) is 38.5 Å². The summed E-state index contributed by atoms with van der Waals surface area (Å²) in [6.07, 6.45) is 8.15. The second-order valence-electron chi connectivity index (χ2n) is 5.96. The number of hydrogen-bond donors (Lipinski definition) is 1. The number of carbonyl (C=O) groups is 1. The van der Waals surface area contributed by atoms with E-state index >= 15 is 0 Å². The fourth-order valence-corrected chi connectivity index (χ4v) is 2.95. The quantitative estimate of drug-likeness (QED) is 0.886. The third-order valence-electron chi connectivity index (χ3n) is 4.16. The van der Waals surface area contributed by atoms with E-state index < -0.39 is 0 Å². The first-order chi connectivity index (χ1) is 9.68. The van der Waals surface area contributed by atoms with Crippen molar-refractivity contribution in [2.75, 3.05) is 26.0 Å². The first-order valence-corrected chi connectivity index (χ1v) is 7.73. The lowest BCUT2D eigenvalue weighted by Crippen LogP contribution is -2.23. The molecule has 0 saturated heterocycles. The van der Waals surface area contributed by atoms with E-state index in [1.807, 2.05) is 24.3 Å². The molecule has 0 spiro atoms. The molecule has 1 N–H and O–H groups in total. The Labute approximate surface area is 122 Å². The van der Waals surface area contributed by atoms with Crippen LogP contribution < -0.4 is 5.32 Å². The highest BCUT2D eigenvalue weighted by molar-refractivity contribution is 5.99. The molecule has 1 saturated carbocycles. The van der Waals surface area contributed by atoms with Crippen molar-refractivity contribution < 1.29 is 4.79 Å². The summed E-state index contributed by atoms with van der Waals surface area (Å²) in [5, 5.41) is 3.45. The molecule has 0 heterocycles.